The fourth-order valence-electron chi connectivity index (χ4n) is 2.80. The van der Waals surface area contributed by atoms with Crippen LogP contribution in [0.5, 0.6) is 0 Å². The van der Waals surface area contributed by atoms with E-state index < -0.39 is 0 Å². The third-order valence-electron chi connectivity index (χ3n) is 3.77. The minimum atomic E-state index is -0.268. The molecular weight excluding hydrogens is 273 g/mol. The summed E-state index contributed by atoms with van der Waals surface area (Å²) < 4.78 is 13.2. The standard InChI is InChI=1S/C20H16FN/c1-4-16-19(13(2)3)17-7-5-6-8-18(17)22-20(16)14-9-11-15(21)12-10-14/h1,5-13H,2-3H3. The largest absolute Gasteiger partial charge is 0.246 e. The lowest BCUT2D eigenvalue weighted by Crippen LogP contribution is -2.01. The van der Waals surface area contributed by atoms with Crippen LogP contribution in [-0.4, -0.2) is 4.98 Å². The van der Waals surface area contributed by atoms with E-state index in [4.69, 9.17) is 11.4 Å². The normalized spacial score (nSPS) is 10.9. The van der Waals surface area contributed by atoms with Gasteiger partial charge in [-0.05, 0) is 41.8 Å². The molecule has 0 aliphatic rings. The number of rotatable bonds is 2. The monoisotopic (exact) mass is 289 g/mol. The van der Waals surface area contributed by atoms with Crippen LogP contribution >= 0.6 is 0 Å². The Morgan fingerprint density at radius 3 is 2.36 bits per heavy atom. The Morgan fingerprint density at radius 1 is 1.05 bits per heavy atom. The van der Waals surface area contributed by atoms with Crippen LogP contribution in [-0.2, 0) is 0 Å². The number of hydrogen-bond acceptors (Lipinski definition) is 1. The van der Waals surface area contributed by atoms with Gasteiger partial charge in [-0.2, -0.15) is 0 Å². The summed E-state index contributed by atoms with van der Waals surface area (Å²) in [5.74, 6) is 2.80. The van der Waals surface area contributed by atoms with Gasteiger partial charge in [0.2, 0.25) is 0 Å². The second kappa shape index (κ2) is 5.61. The van der Waals surface area contributed by atoms with Crippen molar-refractivity contribution in [1.82, 2.24) is 4.98 Å². The molecule has 0 bridgehead atoms. The van der Waals surface area contributed by atoms with Crippen LogP contribution in [0.15, 0.2) is 48.5 Å². The maximum atomic E-state index is 13.2. The van der Waals surface area contributed by atoms with Crippen LogP contribution < -0.4 is 0 Å². The Labute approximate surface area is 129 Å². The second-order valence-corrected chi connectivity index (χ2v) is 5.57. The van der Waals surface area contributed by atoms with Gasteiger partial charge in [0.15, 0.2) is 0 Å². The molecule has 0 unspecified atom stereocenters. The van der Waals surface area contributed by atoms with Gasteiger partial charge in [0.05, 0.1) is 16.8 Å². The second-order valence-electron chi connectivity index (χ2n) is 5.57. The maximum Gasteiger partial charge on any atom is 0.123 e. The average Bonchev–Trinajstić information content (AvgIpc) is 2.53. The van der Waals surface area contributed by atoms with Crippen LogP contribution in [0, 0.1) is 18.2 Å². The molecule has 3 aromatic rings. The Hall–Kier alpha value is -2.66. The molecule has 1 heterocycles. The summed E-state index contributed by atoms with van der Waals surface area (Å²) in [6.45, 7) is 4.24. The smallest absolute Gasteiger partial charge is 0.123 e. The van der Waals surface area contributed by atoms with Crippen LogP contribution in [0.25, 0.3) is 22.2 Å². The van der Waals surface area contributed by atoms with Gasteiger partial charge in [0.25, 0.3) is 0 Å². The maximum absolute atomic E-state index is 13.2. The first kappa shape index (κ1) is 14.3. The van der Waals surface area contributed by atoms with Gasteiger partial charge in [-0.1, -0.05) is 38.0 Å². The van der Waals surface area contributed by atoms with Crippen LogP contribution in [0.4, 0.5) is 4.39 Å². The predicted octanol–water partition coefficient (Wildman–Crippen LogP) is 5.15. The molecule has 3 rings (SSSR count). The molecule has 2 heteroatoms. The Bertz CT molecular complexity index is 871. The Morgan fingerprint density at radius 2 is 1.73 bits per heavy atom. The molecule has 0 saturated carbocycles. The highest BCUT2D eigenvalue weighted by molar-refractivity contribution is 5.89. The molecule has 0 amide bonds. The summed E-state index contributed by atoms with van der Waals surface area (Å²) in [7, 11) is 0. The van der Waals surface area contributed by atoms with E-state index in [-0.39, 0.29) is 11.7 Å². The Kier molecular flexibility index (Phi) is 3.65. The molecule has 0 fully saturated rings. The number of benzene rings is 2. The lowest BCUT2D eigenvalue weighted by atomic mass is 9.90. The van der Waals surface area contributed by atoms with E-state index in [1.807, 2.05) is 24.3 Å². The van der Waals surface area contributed by atoms with Crippen LogP contribution in [0.3, 0.4) is 0 Å². The minimum Gasteiger partial charge on any atom is -0.246 e. The van der Waals surface area contributed by atoms with Crippen molar-refractivity contribution in [3.05, 3.63) is 65.5 Å². The number of para-hydroxylation sites is 1. The van der Waals surface area contributed by atoms with Gasteiger partial charge in [-0.3, -0.25) is 0 Å². The van der Waals surface area contributed by atoms with Crippen LogP contribution in [0.2, 0.25) is 0 Å². The van der Waals surface area contributed by atoms with Gasteiger partial charge in [0.1, 0.15) is 5.82 Å². The lowest BCUT2D eigenvalue weighted by Gasteiger charge is -2.16. The molecule has 0 aliphatic carbocycles. The summed E-state index contributed by atoms with van der Waals surface area (Å²) in [6.07, 6.45) is 5.78. The first-order valence-electron chi connectivity index (χ1n) is 7.27. The number of hydrogen-bond donors (Lipinski definition) is 0. The third kappa shape index (κ3) is 2.35. The lowest BCUT2D eigenvalue weighted by molar-refractivity contribution is 0.628. The average molecular weight is 289 g/mol. The summed E-state index contributed by atoms with van der Waals surface area (Å²) in [6, 6.07) is 14.3. The van der Waals surface area contributed by atoms with Gasteiger partial charge < -0.3 is 0 Å². The van der Waals surface area contributed by atoms with E-state index in [9.17, 15) is 4.39 Å². The fraction of sp³-hybridized carbons (Fsp3) is 0.150. The van der Waals surface area contributed by atoms with Gasteiger partial charge in [0, 0.05) is 10.9 Å². The van der Waals surface area contributed by atoms with Crippen LogP contribution in [0.1, 0.15) is 30.9 Å². The number of terminal acetylenes is 1. The number of pyridine rings is 1. The SMILES string of the molecule is C#Cc1c(-c2ccc(F)cc2)nc2ccccc2c1C(C)C. The van der Waals surface area contributed by atoms with Crippen molar-refractivity contribution in [2.75, 3.05) is 0 Å². The minimum absolute atomic E-state index is 0.268. The molecule has 0 aliphatic heterocycles. The van der Waals surface area contributed by atoms with Crippen molar-refractivity contribution >= 4 is 10.9 Å². The highest BCUT2D eigenvalue weighted by atomic mass is 19.1. The number of halogens is 1. The third-order valence-corrected chi connectivity index (χ3v) is 3.77. The van der Waals surface area contributed by atoms with Crippen molar-refractivity contribution in [2.24, 2.45) is 0 Å². The van der Waals surface area contributed by atoms with E-state index in [1.165, 1.54) is 12.1 Å². The number of nitrogens with zero attached hydrogens (tertiary/aromatic N) is 1. The molecule has 0 radical (unpaired) electrons. The highest BCUT2D eigenvalue weighted by Gasteiger charge is 2.17. The van der Waals surface area contributed by atoms with Crippen molar-refractivity contribution in [2.45, 2.75) is 19.8 Å². The molecule has 108 valence electrons. The summed E-state index contributed by atoms with van der Waals surface area (Å²) in [4.78, 5) is 4.72. The van der Waals surface area contributed by atoms with E-state index in [1.54, 1.807) is 12.1 Å². The first-order valence-corrected chi connectivity index (χ1v) is 7.27. The zero-order valence-electron chi connectivity index (χ0n) is 12.6. The quantitative estimate of drug-likeness (QED) is 0.595. The van der Waals surface area contributed by atoms with E-state index in [0.29, 0.717) is 0 Å². The first-order chi connectivity index (χ1) is 10.6. The number of aromatic nitrogens is 1. The fourth-order valence-corrected chi connectivity index (χ4v) is 2.80. The number of fused-ring (bicyclic) bond motifs is 1. The predicted molar refractivity (Wildman–Crippen MR) is 89.2 cm³/mol. The molecular formula is C20H16FN. The molecule has 1 nitrogen and oxygen atoms in total. The molecule has 0 spiro atoms. The van der Waals surface area contributed by atoms with E-state index in [0.717, 1.165) is 33.3 Å². The summed E-state index contributed by atoms with van der Waals surface area (Å²) in [5, 5.41) is 1.08. The zero-order valence-corrected chi connectivity index (χ0v) is 12.6. The Balaban J connectivity index is 2.40. The molecule has 0 saturated heterocycles. The molecule has 2 aromatic carbocycles. The highest BCUT2D eigenvalue weighted by Crippen LogP contribution is 2.33. The van der Waals surface area contributed by atoms with Gasteiger partial charge in [-0.25, -0.2) is 9.37 Å². The summed E-state index contributed by atoms with van der Waals surface area (Å²) >= 11 is 0. The van der Waals surface area contributed by atoms with E-state index >= 15 is 0 Å². The van der Waals surface area contributed by atoms with Crippen molar-refractivity contribution in [3.8, 4) is 23.6 Å². The van der Waals surface area contributed by atoms with Crippen molar-refractivity contribution in [3.63, 3.8) is 0 Å². The van der Waals surface area contributed by atoms with Gasteiger partial charge in [-0.15, -0.1) is 6.42 Å². The summed E-state index contributed by atoms with van der Waals surface area (Å²) in [5.41, 5.74) is 4.39. The van der Waals surface area contributed by atoms with Gasteiger partial charge >= 0.3 is 0 Å². The molecule has 0 atom stereocenters. The van der Waals surface area contributed by atoms with Crippen molar-refractivity contribution < 1.29 is 4.39 Å². The van der Waals surface area contributed by atoms with Crippen molar-refractivity contribution in [1.29, 1.82) is 0 Å². The van der Waals surface area contributed by atoms with E-state index in [2.05, 4.69) is 19.8 Å². The molecule has 22 heavy (non-hydrogen) atoms. The zero-order chi connectivity index (χ0) is 15.7. The topological polar surface area (TPSA) is 12.9 Å². The molecule has 0 N–H and O–H groups in total. The molecule has 1 aromatic heterocycles.